The fraction of sp³-hybridized carbons (Fsp3) is 0. The summed E-state index contributed by atoms with van der Waals surface area (Å²) in [7, 11) is 0. The molecule has 0 aliphatic carbocycles. The first-order valence-electron chi connectivity index (χ1n) is 19.2. The highest BCUT2D eigenvalue weighted by atomic mass is 16.3. The Kier molecular flexibility index (Phi) is 7.53. The van der Waals surface area contributed by atoms with E-state index in [9.17, 15) is 0 Å². The van der Waals surface area contributed by atoms with E-state index in [1.54, 1.807) is 0 Å². The van der Waals surface area contributed by atoms with Gasteiger partial charge in [0.25, 0.3) is 0 Å². The van der Waals surface area contributed by atoms with Gasteiger partial charge in [-0.15, -0.1) is 0 Å². The molecule has 0 fully saturated rings. The maximum atomic E-state index is 6.41. The molecule has 0 aliphatic rings. The molecular weight excluding hydrogens is 679 g/mol. The Hall–Kier alpha value is -7.42. The quantitative estimate of drug-likeness (QED) is 0.160. The number of nitrogens with zero attached hydrogens (tertiary/aromatic N) is 1. The molecule has 0 aliphatic heterocycles. The predicted molar refractivity (Wildman–Crippen MR) is 237 cm³/mol. The summed E-state index contributed by atoms with van der Waals surface area (Å²) in [5, 5.41) is 9.83. The van der Waals surface area contributed by atoms with Gasteiger partial charge in [-0.1, -0.05) is 158 Å². The molecule has 262 valence electrons. The standard InChI is InChI=1S/C54H35NO/c1-2-11-40-34-41(21-20-36(40)10-1)37-22-28-43(29-23-37)55(44-30-24-38(25-31-44)47-17-9-18-51-50-16-7-8-19-53(50)56-54(47)51)45-32-26-39(27-33-45)52-35-42-12-3-4-13-46(42)48-14-5-6-15-49(48)52/h1-35H. The van der Waals surface area contributed by atoms with Crippen molar-refractivity contribution in [1.82, 2.24) is 0 Å². The molecule has 0 radical (unpaired) electrons. The van der Waals surface area contributed by atoms with E-state index in [2.05, 4.69) is 205 Å². The molecule has 1 heterocycles. The second kappa shape index (κ2) is 13.2. The number of rotatable bonds is 6. The zero-order valence-corrected chi connectivity index (χ0v) is 30.6. The monoisotopic (exact) mass is 713 g/mol. The molecule has 0 amide bonds. The first-order valence-corrected chi connectivity index (χ1v) is 19.2. The van der Waals surface area contributed by atoms with Crippen LogP contribution in [0.5, 0.6) is 0 Å². The van der Waals surface area contributed by atoms with Crippen LogP contribution in [-0.4, -0.2) is 0 Å². The van der Waals surface area contributed by atoms with E-state index < -0.39 is 0 Å². The summed E-state index contributed by atoms with van der Waals surface area (Å²) in [6.07, 6.45) is 0. The number of para-hydroxylation sites is 2. The Morgan fingerprint density at radius 1 is 0.286 bits per heavy atom. The Labute approximate surface area is 325 Å². The average Bonchev–Trinajstić information content (AvgIpc) is 3.66. The number of hydrogen-bond acceptors (Lipinski definition) is 2. The third-order valence-electron chi connectivity index (χ3n) is 11.3. The molecule has 0 saturated heterocycles. The van der Waals surface area contributed by atoms with Crippen LogP contribution >= 0.6 is 0 Å². The first kappa shape index (κ1) is 32.0. The van der Waals surface area contributed by atoms with Crippen LogP contribution in [0, 0.1) is 0 Å². The average molecular weight is 714 g/mol. The first-order chi connectivity index (χ1) is 27.7. The molecule has 2 nitrogen and oxygen atoms in total. The van der Waals surface area contributed by atoms with Crippen molar-refractivity contribution in [3.8, 4) is 33.4 Å². The van der Waals surface area contributed by atoms with Gasteiger partial charge in [0.05, 0.1) is 0 Å². The van der Waals surface area contributed by atoms with Crippen LogP contribution in [0.1, 0.15) is 0 Å². The van der Waals surface area contributed by atoms with Gasteiger partial charge >= 0.3 is 0 Å². The summed E-state index contributed by atoms with van der Waals surface area (Å²) < 4.78 is 6.41. The lowest BCUT2D eigenvalue weighted by Crippen LogP contribution is -2.09. The molecule has 0 atom stereocenters. The predicted octanol–water partition coefficient (Wildman–Crippen LogP) is 15.5. The topological polar surface area (TPSA) is 16.4 Å². The van der Waals surface area contributed by atoms with Crippen LogP contribution in [0.3, 0.4) is 0 Å². The van der Waals surface area contributed by atoms with Gasteiger partial charge in [-0.3, -0.25) is 0 Å². The molecule has 11 rings (SSSR count). The van der Waals surface area contributed by atoms with Gasteiger partial charge in [0, 0.05) is 33.4 Å². The van der Waals surface area contributed by atoms with Crippen molar-refractivity contribution in [2.45, 2.75) is 0 Å². The fourth-order valence-corrected chi connectivity index (χ4v) is 8.47. The van der Waals surface area contributed by atoms with Gasteiger partial charge < -0.3 is 9.32 Å². The van der Waals surface area contributed by atoms with Crippen molar-refractivity contribution < 1.29 is 4.42 Å². The highest BCUT2D eigenvalue weighted by molar-refractivity contribution is 6.14. The molecule has 0 bridgehead atoms. The maximum absolute atomic E-state index is 6.41. The summed E-state index contributed by atoms with van der Waals surface area (Å²) >= 11 is 0. The zero-order valence-electron chi connectivity index (χ0n) is 30.6. The molecule has 56 heavy (non-hydrogen) atoms. The van der Waals surface area contributed by atoms with Crippen LogP contribution in [0.25, 0.3) is 87.6 Å². The van der Waals surface area contributed by atoms with E-state index in [4.69, 9.17) is 4.42 Å². The zero-order chi connectivity index (χ0) is 37.0. The third kappa shape index (κ3) is 5.42. The van der Waals surface area contributed by atoms with Crippen LogP contribution in [-0.2, 0) is 0 Å². The molecule has 0 saturated carbocycles. The summed E-state index contributed by atoms with van der Waals surface area (Å²) in [6.45, 7) is 0. The minimum Gasteiger partial charge on any atom is -0.455 e. The minimum atomic E-state index is 0.907. The highest BCUT2D eigenvalue weighted by Gasteiger charge is 2.17. The smallest absolute Gasteiger partial charge is 0.143 e. The molecule has 1 aromatic heterocycles. The van der Waals surface area contributed by atoms with Crippen molar-refractivity contribution >= 4 is 71.3 Å². The van der Waals surface area contributed by atoms with Gasteiger partial charge in [0.15, 0.2) is 0 Å². The van der Waals surface area contributed by atoms with Crippen molar-refractivity contribution in [2.75, 3.05) is 4.90 Å². The van der Waals surface area contributed by atoms with Crippen molar-refractivity contribution in [3.63, 3.8) is 0 Å². The number of hydrogen-bond donors (Lipinski definition) is 0. The van der Waals surface area contributed by atoms with E-state index in [1.807, 2.05) is 12.1 Å². The van der Waals surface area contributed by atoms with Crippen LogP contribution in [0.15, 0.2) is 217 Å². The second-order valence-electron chi connectivity index (χ2n) is 14.5. The lowest BCUT2D eigenvalue weighted by Gasteiger charge is -2.26. The summed E-state index contributed by atoms with van der Waals surface area (Å²) in [6, 6.07) is 76.5. The molecule has 0 unspecified atom stereocenters. The Morgan fingerprint density at radius 2 is 0.804 bits per heavy atom. The number of fused-ring (bicyclic) bond motifs is 7. The SMILES string of the molecule is c1ccc2cc(-c3ccc(N(c4ccc(-c5cc6ccccc6c6ccccc56)cc4)c4ccc(-c5cccc6c5oc5ccccc56)cc4)cc3)ccc2c1. The van der Waals surface area contributed by atoms with Gasteiger partial charge in [-0.2, -0.15) is 0 Å². The summed E-state index contributed by atoms with van der Waals surface area (Å²) in [5.74, 6) is 0. The number of furan rings is 1. The van der Waals surface area contributed by atoms with Gasteiger partial charge in [0.2, 0.25) is 0 Å². The normalized spacial score (nSPS) is 11.6. The van der Waals surface area contributed by atoms with Gasteiger partial charge in [0.1, 0.15) is 11.2 Å². The molecule has 10 aromatic carbocycles. The van der Waals surface area contributed by atoms with E-state index in [0.29, 0.717) is 0 Å². The van der Waals surface area contributed by atoms with E-state index in [1.165, 1.54) is 54.6 Å². The molecule has 2 heteroatoms. The maximum Gasteiger partial charge on any atom is 0.143 e. The highest BCUT2D eigenvalue weighted by Crippen LogP contribution is 2.41. The largest absolute Gasteiger partial charge is 0.455 e. The van der Waals surface area contributed by atoms with Crippen LogP contribution in [0.2, 0.25) is 0 Å². The fourth-order valence-electron chi connectivity index (χ4n) is 8.47. The molecule has 11 aromatic rings. The molecular formula is C54H35NO. The van der Waals surface area contributed by atoms with Crippen molar-refractivity contribution in [2.24, 2.45) is 0 Å². The van der Waals surface area contributed by atoms with E-state index >= 15 is 0 Å². The summed E-state index contributed by atoms with van der Waals surface area (Å²) in [5.41, 5.74) is 12.1. The van der Waals surface area contributed by atoms with Crippen molar-refractivity contribution in [3.05, 3.63) is 212 Å². The Balaban J connectivity index is 1.01. The minimum absolute atomic E-state index is 0.907. The molecule has 0 spiro atoms. The number of benzene rings is 10. The van der Waals surface area contributed by atoms with E-state index in [0.717, 1.165) is 50.1 Å². The van der Waals surface area contributed by atoms with Gasteiger partial charge in [-0.05, 0) is 115 Å². The Bertz CT molecular complexity index is 3230. The molecule has 0 N–H and O–H groups in total. The van der Waals surface area contributed by atoms with Crippen molar-refractivity contribution in [1.29, 1.82) is 0 Å². The Morgan fingerprint density at radius 3 is 1.52 bits per heavy atom. The summed E-state index contributed by atoms with van der Waals surface area (Å²) in [4.78, 5) is 2.35. The van der Waals surface area contributed by atoms with E-state index in [-0.39, 0.29) is 0 Å². The van der Waals surface area contributed by atoms with Crippen LogP contribution < -0.4 is 4.90 Å². The third-order valence-corrected chi connectivity index (χ3v) is 11.3. The lowest BCUT2D eigenvalue weighted by molar-refractivity contribution is 0.670. The van der Waals surface area contributed by atoms with Crippen LogP contribution in [0.4, 0.5) is 17.1 Å². The number of anilines is 3. The second-order valence-corrected chi connectivity index (χ2v) is 14.5. The lowest BCUT2D eigenvalue weighted by atomic mass is 9.93. The van der Waals surface area contributed by atoms with Gasteiger partial charge in [-0.25, -0.2) is 0 Å².